The van der Waals surface area contributed by atoms with E-state index in [9.17, 15) is 4.79 Å². The summed E-state index contributed by atoms with van der Waals surface area (Å²) in [5, 5.41) is 16.3. The van der Waals surface area contributed by atoms with Gasteiger partial charge in [0, 0.05) is 18.1 Å². The smallest absolute Gasteiger partial charge is 0.306 e. The van der Waals surface area contributed by atoms with Crippen molar-refractivity contribution in [3.05, 3.63) is 10.0 Å². The van der Waals surface area contributed by atoms with Crippen molar-refractivity contribution in [3.8, 4) is 0 Å². The molecule has 0 aromatic carbocycles. The summed E-state index contributed by atoms with van der Waals surface area (Å²) in [6.07, 6.45) is 3.91. The zero-order chi connectivity index (χ0) is 13.0. The van der Waals surface area contributed by atoms with E-state index in [2.05, 4.69) is 14.9 Å². The van der Waals surface area contributed by atoms with Crippen molar-refractivity contribution >= 4 is 29.1 Å². The standard InChI is InChI=1S/C11H16ClN3O2S/c12-10-9(14-15-18-10)6-13-5-7-3-1-2-4-8(7)11(16)17/h7-8,13H,1-6H2,(H,16,17). The van der Waals surface area contributed by atoms with Gasteiger partial charge in [-0.05, 0) is 25.3 Å². The fourth-order valence-corrected chi connectivity index (χ4v) is 3.08. The van der Waals surface area contributed by atoms with Gasteiger partial charge in [-0.25, -0.2) is 0 Å². The normalized spacial score (nSPS) is 24.1. The van der Waals surface area contributed by atoms with Crippen LogP contribution in [-0.4, -0.2) is 27.2 Å². The van der Waals surface area contributed by atoms with Crippen molar-refractivity contribution in [2.45, 2.75) is 32.2 Å². The lowest BCUT2D eigenvalue weighted by atomic mass is 9.79. The summed E-state index contributed by atoms with van der Waals surface area (Å²) in [7, 11) is 0. The Morgan fingerprint density at radius 2 is 2.28 bits per heavy atom. The number of aromatic nitrogens is 2. The van der Waals surface area contributed by atoms with E-state index in [1.54, 1.807) is 0 Å². The first kappa shape index (κ1) is 13.7. The number of carboxylic acid groups (broad SMARTS) is 1. The van der Waals surface area contributed by atoms with Gasteiger partial charge in [-0.2, -0.15) is 0 Å². The molecule has 0 radical (unpaired) electrons. The molecule has 2 unspecified atom stereocenters. The van der Waals surface area contributed by atoms with Crippen molar-refractivity contribution in [2.75, 3.05) is 6.54 Å². The largest absolute Gasteiger partial charge is 0.481 e. The number of nitrogens with one attached hydrogen (secondary N) is 1. The maximum atomic E-state index is 11.1. The van der Waals surface area contributed by atoms with E-state index < -0.39 is 5.97 Å². The molecule has 2 N–H and O–H groups in total. The second-order valence-electron chi connectivity index (χ2n) is 4.61. The molecule has 5 nitrogen and oxygen atoms in total. The van der Waals surface area contributed by atoms with E-state index in [-0.39, 0.29) is 11.8 Å². The van der Waals surface area contributed by atoms with Crippen LogP contribution >= 0.6 is 23.1 Å². The van der Waals surface area contributed by atoms with Crippen molar-refractivity contribution in [1.29, 1.82) is 0 Å². The van der Waals surface area contributed by atoms with Crippen molar-refractivity contribution < 1.29 is 9.90 Å². The molecule has 7 heteroatoms. The summed E-state index contributed by atoms with van der Waals surface area (Å²) < 4.78 is 4.35. The molecule has 1 aliphatic carbocycles. The maximum absolute atomic E-state index is 11.1. The lowest BCUT2D eigenvalue weighted by molar-refractivity contribution is -0.144. The minimum atomic E-state index is -0.671. The van der Waals surface area contributed by atoms with E-state index in [4.69, 9.17) is 16.7 Å². The Balaban J connectivity index is 1.81. The van der Waals surface area contributed by atoms with Gasteiger partial charge in [0.25, 0.3) is 0 Å². The van der Waals surface area contributed by atoms with Gasteiger partial charge in [0.05, 0.1) is 5.92 Å². The molecule has 2 rings (SSSR count). The van der Waals surface area contributed by atoms with Gasteiger partial charge in [-0.3, -0.25) is 4.79 Å². The lowest BCUT2D eigenvalue weighted by Gasteiger charge is -2.28. The summed E-state index contributed by atoms with van der Waals surface area (Å²) in [5.41, 5.74) is 0.740. The Morgan fingerprint density at radius 1 is 1.50 bits per heavy atom. The van der Waals surface area contributed by atoms with E-state index in [1.165, 1.54) is 11.5 Å². The topological polar surface area (TPSA) is 75.1 Å². The Morgan fingerprint density at radius 3 is 2.94 bits per heavy atom. The van der Waals surface area contributed by atoms with Crippen LogP contribution in [0.2, 0.25) is 4.34 Å². The highest BCUT2D eigenvalue weighted by atomic mass is 35.5. The third-order valence-corrected chi connectivity index (χ3v) is 4.42. The molecule has 0 saturated heterocycles. The second-order valence-corrected chi connectivity index (χ2v) is 5.97. The Labute approximate surface area is 115 Å². The zero-order valence-corrected chi connectivity index (χ0v) is 11.5. The summed E-state index contributed by atoms with van der Waals surface area (Å²) in [5.74, 6) is -0.674. The molecule has 1 aromatic heterocycles. The number of carbonyl (C=O) groups is 1. The van der Waals surface area contributed by atoms with Crippen molar-refractivity contribution in [1.82, 2.24) is 14.9 Å². The minimum Gasteiger partial charge on any atom is -0.481 e. The molecule has 0 amide bonds. The fraction of sp³-hybridized carbons (Fsp3) is 0.727. The second kappa shape index (κ2) is 6.45. The van der Waals surface area contributed by atoms with Crippen LogP contribution in [0.15, 0.2) is 0 Å². The quantitative estimate of drug-likeness (QED) is 0.869. The first-order chi connectivity index (χ1) is 8.68. The molecular weight excluding hydrogens is 274 g/mol. The highest BCUT2D eigenvalue weighted by Crippen LogP contribution is 2.29. The number of carboxylic acids is 1. The number of hydrogen-bond acceptors (Lipinski definition) is 5. The SMILES string of the molecule is O=C(O)C1CCCCC1CNCc1nnsc1Cl. The van der Waals surface area contributed by atoms with Crippen LogP contribution in [0.4, 0.5) is 0 Å². The third-order valence-electron chi connectivity index (χ3n) is 3.43. The summed E-state index contributed by atoms with van der Waals surface area (Å²) in [6, 6.07) is 0. The van der Waals surface area contributed by atoms with Crippen LogP contribution in [0.25, 0.3) is 0 Å². The van der Waals surface area contributed by atoms with Gasteiger partial charge < -0.3 is 10.4 Å². The molecule has 1 saturated carbocycles. The molecule has 1 aliphatic rings. The van der Waals surface area contributed by atoms with Crippen molar-refractivity contribution in [3.63, 3.8) is 0 Å². The summed E-state index contributed by atoms with van der Waals surface area (Å²) in [4.78, 5) is 11.1. The molecule has 100 valence electrons. The van der Waals surface area contributed by atoms with Crippen LogP contribution in [0.3, 0.4) is 0 Å². The molecule has 0 bridgehead atoms. The number of halogens is 1. The van der Waals surface area contributed by atoms with E-state index in [0.29, 0.717) is 17.4 Å². The number of aliphatic carboxylic acids is 1. The Bertz CT molecular complexity index is 413. The summed E-state index contributed by atoms with van der Waals surface area (Å²) in [6.45, 7) is 1.25. The average molecular weight is 290 g/mol. The van der Waals surface area contributed by atoms with Gasteiger partial charge in [0.2, 0.25) is 0 Å². The first-order valence-corrected chi connectivity index (χ1v) is 7.24. The highest BCUT2D eigenvalue weighted by Gasteiger charge is 2.30. The van der Waals surface area contributed by atoms with Crippen LogP contribution in [-0.2, 0) is 11.3 Å². The van der Waals surface area contributed by atoms with Gasteiger partial charge in [-0.1, -0.05) is 28.9 Å². The molecule has 2 atom stereocenters. The van der Waals surface area contributed by atoms with Gasteiger partial charge >= 0.3 is 5.97 Å². The number of nitrogens with zero attached hydrogens (tertiary/aromatic N) is 2. The maximum Gasteiger partial charge on any atom is 0.306 e. The summed E-state index contributed by atoms with van der Waals surface area (Å²) >= 11 is 7.07. The van der Waals surface area contributed by atoms with Crippen LogP contribution in [0, 0.1) is 11.8 Å². The highest BCUT2D eigenvalue weighted by molar-refractivity contribution is 7.10. The number of rotatable bonds is 5. The Hall–Kier alpha value is -0.720. The van der Waals surface area contributed by atoms with Crippen molar-refractivity contribution in [2.24, 2.45) is 11.8 Å². The number of hydrogen-bond donors (Lipinski definition) is 2. The lowest BCUT2D eigenvalue weighted by Crippen LogP contribution is -2.34. The predicted octanol–water partition coefficient (Wildman–Crippen LogP) is 2.17. The molecule has 0 spiro atoms. The van der Waals surface area contributed by atoms with Crippen LogP contribution < -0.4 is 5.32 Å². The van der Waals surface area contributed by atoms with Gasteiger partial charge in [0.1, 0.15) is 10.0 Å². The molecule has 1 fully saturated rings. The minimum absolute atomic E-state index is 0.210. The molecule has 1 aromatic rings. The van der Waals surface area contributed by atoms with E-state index >= 15 is 0 Å². The molecule has 18 heavy (non-hydrogen) atoms. The van der Waals surface area contributed by atoms with Gasteiger partial charge in [-0.15, -0.1) is 5.10 Å². The van der Waals surface area contributed by atoms with Crippen LogP contribution in [0.5, 0.6) is 0 Å². The zero-order valence-electron chi connectivity index (χ0n) is 9.93. The fourth-order valence-electron chi connectivity index (χ4n) is 2.46. The van der Waals surface area contributed by atoms with Gasteiger partial charge in [0.15, 0.2) is 0 Å². The molecule has 0 aliphatic heterocycles. The van der Waals surface area contributed by atoms with E-state index in [0.717, 1.165) is 31.4 Å². The Kier molecular flexibility index (Phi) is 4.91. The molecule has 1 heterocycles. The average Bonchev–Trinajstić information content (AvgIpc) is 2.76. The van der Waals surface area contributed by atoms with Crippen LogP contribution in [0.1, 0.15) is 31.4 Å². The predicted molar refractivity (Wildman–Crippen MR) is 69.7 cm³/mol. The third kappa shape index (κ3) is 3.40. The first-order valence-electron chi connectivity index (χ1n) is 6.08. The van der Waals surface area contributed by atoms with E-state index in [1.807, 2.05) is 0 Å². The monoisotopic (exact) mass is 289 g/mol. The molecular formula is C11H16ClN3O2S.